The number of hydrogen-bond acceptors (Lipinski definition) is 5. The van der Waals surface area contributed by atoms with Crippen molar-refractivity contribution in [1.82, 2.24) is 4.31 Å². The van der Waals surface area contributed by atoms with E-state index in [1.807, 2.05) is 13.8 Å². The summed E-state index contributed by atoms with van der Waals surface area (Å²) in [6.07, 6.45) is 1.51. The van der Waals surface area contributed by atoms with E-state index in [2.05, 4.69) is 0 Å². The van der Waals surface area contributed by atoms with Crippen molar-refractivity contribution in [2.75, 3.05) is 26.2 Å². The van der Waals surface area contributed by atoms with Crippen molar-refractivity contribution < 1.29 is 17.9 Å². The van der Waals surface area contributed by atoms with Crippen LogP contribution in [0.3, 0.4) is 0 Å². The first-order valence-electron chi connectivity index (χ1n) is 7.44. The van der Waals surface area contributed by atoms with Crippen LogP contribution in [-0.4, -0.2) is 44.9 Å². The molecule has 6 nitrogen and oxygen atoms in total. The number of benzene rings is 1. The maximum atomic E-state index is 12.6. The Hall–Kier alpha value is -1.44. The zero-order valence-corrected chi connectivity index (χ0v) is 13.9. The average molecular weight is 328 g/mol. The molecule has 0 fully saturated rings. The number of sulfonamides is 1. The molecular formula is C15H24N2O4S. The molecule has 0 saturated carbocycles. The minimum Gasteiger partial charge on any atom is -0.461 e. The number of rotatable bonds is 9. The van der Waals surface area contributed by atoms with E-state index in [0.29, 0.717) is 18.7 Å². The first kappa shape index (κ1) is 18.6. The van der Waals surface area contributed by atoms with E-state index >= 15 is 0 Å². The standard InChI is InChI=1S/C15H24N2O4S/c1-3-10-17(11-4-2)22(19,20)14-7-5-13(6-8-14)15(18)21-12-9-16/h5-8H,3-4,9-12,16H2,1-2H3. The van der Waals surface area contributed by atoms with Gasteiger partial charge in [-0.3, -0.25) is 0 Å². The van der Waals surface area contributed by atoms with E-state index in [0.717, 1.165) is 12.8 Å². The third kappa shape index (κ3) is 4.79. The van der Waals surface area contributed by atoms with Gasteiger partial charge in [0, 0.05) is 19.6 Å². The summed E-state index contributed by atoms with van der Waals surface area (Å²) < 4.78 is 31.5. The molecule has 0 aliphatic heterocycles. The molecule has 0 saturated heterocycles. The summed E-state index contributed by atoms with van der Waals surface area (Å²) in [5.74, 6) is -0.506. The Morgan fingerprint density at radius 3 is 2.14 bits per heavy atom. The summed E-state index contributed by atoms with van der Waals surface area (Å²) in [5, 5.41) is 0. The van der Waals surface area contributed by atoms with Gasteiger partial charge < -0.3 is 10.5 Å². The van der Waals surface area contributed by atoms with Crippen molar-refractivity contribution >= 4 is 16.0 Å². The van der Waals surface area contributed by atoms with Gasteiger partial charge >= 0.3 is 5.97 Å². The summed E-state index contributed by atoms with van der Waals surface area (Å²) in [7, 11) is -3.52. The lowest BCUT2D eigenvalue weighted by Crippen LogP contribution is -2.32. The second kappa shape index (κ2) is 8.87. The smallest absolute Gasteiger partial charge is 0.338 e. The number of nitrogens with zero attached hydrogens (tertiary/aromatic N) is 1. The second-order valence-corrected chi connectivity index (χ2v) is 6.79. The fourth-order valence-electron chi connectivity index (χ4n) is 2.00. The van der Waals surface area contributed by atoms with E-state index in [9.17, 15) is 13.2 Å². The van der Waals surface area contributed by atoms with Gasteiger partial charge in [-0.2, -0.15) is 4.31 Å². The van der Waals surface area contributed by atoms with Gasteiger partial charge in [-0.05, 0) is 37.1 Å². The lowest BCUT2D eigenvalue weighted by Gasteiger charge is -2.21. The minimum absolute atomic E-state index is 0.139. The van der Waals surface area contributed by atoms with E-state index in [-0.39, 0.29) is 18.0 Å². The summed E-state index contributed by atoms with van der Waals surface area (Å²) in [6, 6.07) is 5.79. The fourth-order valence-corrected chi connectivity index (χ4v) is 3.62. The molecule has 0 aliphatic rings. The zero-order valence-electron chi connectivity index (χ0n) is 13.1. The van der Waals surface area contributed by atoms with Gasteiger partial charge in [-0.15, -0.1) is 0 Å². The monoisotopic (exact) mass is 328 g/mol. The molecule has 124 valence electrons. The molecule has 2 N–H and O–H groups in total. The Kier molecular flexibility index (Phi) is 7.50. The Labute approximate surface area is 132 Å². The predicted molar refractivity (Wildman–Crippen MR) is 85.1 cm³/mol. The van der Waals surface area contributed by atoms with Crippen molar-refractivity contribution in [3.8, 4) is 0 Å². The number of ether oxygens (including phenoxy) is 1. The molecule has 0 radical (unpaired) electrons. The fraction of sp³-hybridized carbons (Fsp3) is 0.533. The van der Waals surface area contributed by atoms with Crippen molar-refractivity contribution in [3.05, 3.63) is 29.8 Å². The zero-order chi connectivity index (χ0) is 16.6. The molecular weight excluding hydrogens is 304 g/mol. The number of esters is 1. The Bertz CT molecular complexity index is 564. The number of nitrogens with two attached hydrogens (primary N) is 1. The lowest BCUT2D eigenvalue weighted by molar-refractivity contribution is 0.0516. The van der Waals surface area contributed by atoms with Crippen molar-refractivity contribution in [1.29, 1.82) is 0 Å². The topological polar surface area (TPSA) is 89.7 Å². The quantitative estimate of drug-likeness (QED) is 0.696. The maximum absolute atomic E-state index is 12.6. The van der Waals surface area contributed by atoms with Crippen LogP contribution in [0.25, 0.3) is 0 Å². The molecule has 0 amide bonds. The summed E-state index contributed by atoms with van der Waals surface area (Å²) >= 11 is 0. The molecule has 0 aromatic heterocycles. The molecule has 1 rings (SSSR count). The Morgan fingerprint density at radius 1 is 1.14 bits per heavy atom. The number of carbonyl (C=O) groups is 1. The molecule has 1 aromatic carbocycles. The van der Waals surface area contributed by atoms with Gasteiger partial charge in [0.1, 0.15) is 6.61 Å². The van der Waals surface area contributed by atoms with Crippen LogP contribution < -0.4 is 5.73 Å². The minimum atomic E-state index is -3.52. The number of hydrogen-bond donors (Lipinski definition) is 1. The largest absolute Gasteiger partial charge is 0.461 e. The molecule has 7 heteroatoms. The third-order valence-corrected chi connectivity index (χ3v) is 4.94. The van der Waals surface area contributed by atoms with Crippen LogP contribution in [0, 0.1) is 0 Å². The summed E-state index contributed by atoms with van der Waals surface area (Å²) in [4.78, 5) is 11.9. The lowest BCUT2D eigenvalue weighted by atomic mass is 10.2. The average Bonchev–Trinajstić information content (AvgIpc) is 2.52. The Morgan fingerprint density at radius 2 is 1.68 bits per heavy atom. The van der Waals surface area contributed by atoms with Gasteiger partial charge in [0.15, 0.2) is 0 Å². The van der Waals surface area contributed by atoms with Crippen LogP contribution in [-0.2, 0) is 14.8 Å². The van der Waals surface area contributed by atoms with Gasteiger partial charge in [-0.1, -0.05) is 13.8 Å². The molecule has 0 spiro atoms. The number of carbonyl (C=O) groups excluding carboxylic acids is 1. The van der Waals surface area contributed by atoms with Gasteiger partial charge in [0.25, 0.3) is 0 Å². The highest BCUT2D eigenvalue weighted by Crippen LogP contribution is 2.17. The van der Waals surface area contributed by atoms with Crippen molar-refractivity contribution in [3.63, 3.8) is 0 Å². The highest BCUT2D eigenvalue weighted by atomic mass is 32.2. The highest BCUT2D eigenvalue weighted by molar-refractivity contribution is 7.89. The molecule has 0 unspecified atom stereocenters. The van der Waals surface area contributed by atoms with Crippen LogP contribution in [0.5, 0.6) is 0 Å². The van der Waals surface area contributed by atoms with Gasteiger partial charge in [0.05, 0.1) is 10.5 Å². The van der Waals surface area contributed by atoms with Crippen LogP contribution in [0.2, 0.25) is 0 Å². The van der Waals surface area contributed by atoms with Crippen molar-refractivity contribution in [2.24, 2.45) is 5.73 Å². The Balaban J connectivity index is 2.94. The van der Waals surface area contributed by atoms with Gasteiger partial charge in [0.2, 0.25) is 10.0 Å². The van der Waals surface area contributed by atoms with E-state index in [4.69, 9.17) is 10.5 Å². The van der Waals surface area contributed by atoms with Crippen LogP contribution in [0.4, 0.5) is 0 Å². The van der Waals surface area contributed by atoms with E-state index in [1.54, 1.807) is 0 Å². The molecule has 0 bridgehead atoms. The van der Waals surface area contributed by atoms with Crippen molar-refractivity contribution in [2.45, 2.75) is 31.6 Å². The van der Waals surface area contributed by atoms with Gasteiger partial charge in [-0.25, -0.2) is 13.2 Å². The predicted octanol–water partition coefficient (Wildman–Crippen LogP) is 1.61. The van der Waals surface area contributed by atoms with E-state index < -0.39 is 16.0 Å². The SMILES string of the molecule is CCCN(CCC)S(=O)(=O)c1ccc(C(=O)OCCN)cc1. The maximum Gasteiger partial charge on any atom is 0.338 e. The third-order valence-electron chi connectivity index (χ3n) is 3.02. The first-order chi connectivity index (χ1) is 10.5. The van der Waals surface area contributed by atoms with Crippen LogP contribution >= 0.6 is 0 Å². The molecule has 22 heavy (non-hydrogen) atoms. The van der Waals surface area contributed by atoms with Crippen LogP contribution in [0.1, 0.15) is 37.0 Å². The van der Waals surface area contributed by atoms with E-state index in [1.165, 1.54) is 28.6 Å². The molecule has 1 aromatic rings. The molecule has 0 heterocycles. The summed E-state index contributed by atoms with van der Waals surface area (Å²) in [6.45, 7) is 5.23. The summed E-state index contributed by atoms with van der Waals surface area (Å²) in [5.41, 5.74) is 5.57. The van der Waals surface area contributed by atoms with Crippen LogP contribution in [0.15, 0.2) is 29.2 Å². The first-order valence-corrected chi connectivity index (χ1v) is 8.88. The normalized spacial score (nSPS) is 11.6. The second-order valence-electron chi connectivity index (χ2n) is 4.85. The molecule has 0 aliphatic carbocycles. The highest BCUT2D eigenvalue weighted by Gasteiger charge is 2.23. The molecule has 0 atom stereocenters.